The van der Waals surface area contributed by atoms with Crippen molar-refractivity contribution in [2.24, 2.45) is 0 Å². The molecular weight excluding hydrogens is 568 g/mol. The Morgan fingerprint density at radius 1 is 1.26 bits per heavy atom. The Labute approximate surface area is 248 Å². The molecule has 1 amide bonds. The summed E-state index contributed by atoms with van der Waals surface area (Å²) in [4.78, 5) is 27.8. The van der Waals surface area contributed by atoms with Crippen LogP contribution in [0.3, 0.4) is 0 Å². The van der Waals surface area contributed by atoms with Crippen LogP contribution < -0.4 is 15.4 Å². The summed E-state index contributed by atoms with van der Waals surface area (Å²) >= 11 is 0. The molecule has 4 heterocycles. The number of halogens is 4. The van der Waals surface area contributed by atoms with Gasteiger partial charge in [-0.05, 0) is 64.9 Å². The minimum Gasteiger partial charge on any atom is -0.462 e. The van der Waals surface area contributed by atoms with Crippen LogP contribution in [0, 0.1) is 12.7 Å². The van der Waals surface area contributed by atoms with Crippen LogP contribution in [0.5, 0.6) is 6.01 Å². The van der Waals surface area contributed by atoms with Crippen molar-refractivity contribution >= 4 is 17.4 Å². The number of nitrogen functional groups attached to an aromatic ring is 1. The number of carbonyl (C=O) groups excluding carboxylic acids is 1. The predicted octanol–water partition coefficient (Wildman–Crippen LogP) is 4.42. The van der Waals surface area contributed by atoms with Gasteiger partial charge < -0.3 is 29.9 Å². The SMILES string of the molecule is C=CC(=O)N1C[C@H](C)N(c2nc(OC[C@@H]3CCCN3C)nc3c2CO[C@H](c2c(F)c(N)cc(C)c2C(F)(F)F)C3)C[C@H]1C. The lowest BCUT2D eigenvalue weighted by molar-refractivity contribution is -0.140. The van der Waals surface area contributed by atoms with E-state index in [1.165, 1.54) is 13.0 Å². The number of hydrogen-bond acceptors (Lipinski definition) is 8. The summed E-state index contributed by atoms with van der Waals surface area (Å²) in [6, 6.07) is 0.949. The van der Waals surface area contributed by atoms with Crippen molar-refractivity contribution in [3.8, 4) is 6.01 Å². The minimum absolute atomic E-state index is 0.0967. The number of nitrogens with zero attached hydrogens (tertiary/aromatic N) is 5. The number of likely N-dealkylation sites (N-methyl/N-ethyl adjacent to an activating group) is 1. The van der Waals surface area contributed by atoms with Gasteiger partial charge in [-0.15, -0.1) is 0 Å². The number of rotatable bonds is 6. The van der Waals surface area contributed by atoms with Crippen molar-refractivity contribution in [2.45, 2.75) is 77.0 Å². The molecule has 4 atom stereocenters. The van der Waals surface area contributed by atoms with Gasteiger partial charge >= 0.3 is 12.2 Å². The molecule has 2 aromatic rings. The highest BCUT2D eigenvalue weighted by Crippen LogP contribution is 2.44. The molecular formula is C30H38F4N6O3. The molecule has 3 aliphatic rings. The molecule has 234 valence electrons. The monoisotopic (exact) mass is 606 g/mol. The number of ether oxygens (including phenoxy) is 2. The fourth-order valence-electron chi connectivity index (χ4n) is 6.45. The number of hydrogen-bond donors (Lipinski definition) is 1. The van der Waals surface area contributed by atoms with E-state index in [9.17, 15) is 18.0 Å². The maximum atomic E-state index is 15.3. The van der Waals surface area contributed by atoms with E-state index < -0.39 is 29.2 Å². The van der Waals surface area contributed by atoms with Gasteiger partial charge in [-0.2, -0.15) is 23.1 Å². The lowest BCUT2D eigenvalue weighted by Gasteiger charge is -2.45. The second-order valence-corrected chi connectivity index (χ2v) is 11.8. The molecule has 0 aliphatic carbocycles. The van der Waals surface area contributed by atoms with Gasteiger partial charge in [0.2, 0.25) is 5.91 Å². The second kappa shape index (κ2) is 11.9. The number of piperazine rings is 1. The number of anilines is 2. The Hall–Kier alpha value is -3.45. The third kappa shape index (κ3) is 6.01. The van der Waals surface area contributed by atoms with Crippen molar-refractivity contribution in [1.82, 2.24) is 19.8 Å². The van der Waals surface area contributed by atoms with Gasteiger partial charge in [0, 0.05) is 48.8 Å². The second-order valence-electron chi connectivity index (χ2n) is 11.8. The smallest absolute Gasteiger partial charge is 0.417 e. The highest BCUT2D eigenvalue weighted by molar-refractivity contribution is 5.87. The normalized spacial score (nSPS) is 24.7. The van der Waals surface area contributed by atoms with Crippen molar-refractivity contribution in [3.05, 3.63) is 52.5 Å². The number of nitrogens with two attached hydrogens (primary N) is 1. The number of alkyl halides is 3. The van der Waals surface area contributed by atoms with Crippen LogP contribution in [0.15, 0.2) is 18.7 Å². The molecule has 1 aromatic carbocycles. The predicted molar refractivity (Wildman–Crippen MR) is 153 cm³/mol. The molecule has 3 aliphatic heterocycles. The van der Waals surface area contributed by atoms with Crippen LogP contribution in [0.2, 0.25) is 0 Å². The number of aromatic nitrogens is 2. The first-order chi connectivity index (χ1) is 20.3. The zero-order valence-electron chi connectivity index (χ0n) is 24.9. The van der Waals surface area contributed by atoms with E-state index in [-0.39, 0.29) is 54.3 Å². The van der Waals surface area contributed by atoms with Crippen LogP contribution in [-0.2, 0) is 28.7 Å². The fourth-order valence-corrected chi connectivity index (χ4v) is 6.45. The first-order valence-electron chi connectivity index (χ1n) is 14.5. The number of fused-ring (bicyclic) bond motifs is 1. The Morgan fingerprint density at radius 3 is 2.65 bits per heavy atom. The van der Waals surface area contributed by atoms with Gasteiger partial charge in [-0.1, -0.05) is 6.58 Å². The number of aryl methyl sites for hydroxylation is 1. The summed E-state index contributed by atoms with van der Waals surface area (Å²) in [5.41, 5.74) is 4.52. The van der Waals surface area contributed by atoms with Gasteiger partial charge in [0.25, 0.3) is 0 Å². The summed E-state index contributed by atoms with van der Waals surface area (Å²) in [5.74, 6) is -0.782. The standard InChI is InChI=1S/C30H38F4N6O3/c1-6-24(41)39-12-18(4)40(13-17(39)3)28-20-15-42-23(25-26(30(32,33)34)16(2)10-21(35)27(25)31)11-22(20)36-29(37-28)43-14-19-8-7-9-38(19)5/h6,10,17-19,23H,1,7-9,11-15,35H2,2-5H3/t17-,18+,19+,23+/m1/s1. The Morgan fingerprint density at radius 2 is 2.00 bits per heavy atom. The van der Waals surface area contributed by atoms with Crippen LogP contribution in [0.4, 0.5) is 29.1 Å². The van der Waals surface area contributed by atoms with E-state index in [1.54, 1.807) is 4.90 Å². The molecule has 13 heteroatoms. The summed E-state index contributed by atoms with van der Waals surface area (Å²) in [7, 11) is 2.02. The molecule has 9 nitrogen and oxygen atoms in total. The van der Waals surface area contributed by atoms with E-state index in [1.807, 2.05) is 25.8 Å². The van der Waals surface area contributed by atoms with E-state index >= 15 is 4.39 Å². The van der Waals surface area contributed by atoms with E-state index in [4.69, 9.17) is 20.2 Å². The fraction of sp³-hybridized carbons (Fsp3) is 0.567. The Kier molecular flexibility index (Phi) is 8.59. The number of amides is 1. The van der Waals surface area contributed by atoms with Crippen LogP contribution >= 0.6 is 0 Å². The maximum Gasteiger partial charge on any atom is 0.417 e. The molecule has 0 unspecified atom stereocenters. The summed E-state index contributed by atoms with van der Waals surface area (Å²) in [6.07, 6.45) is -2.92. The van der Waals surface area contributed by atoms with Crippen LogP contribution in [0.25, 0.3) is 0 Å². The average Bonchev–Trinajstić information content (AvgIpc) is 3.37. The minimum atomic E-state index is -4.82. The Bertz CT molecular complexity index is 1400. The summed E-state index contributed by atoms with van der Waals surface area (Å²) in [6.45, 7) is 10.8. The maximum absolute atomic E-state index is 15.3. The average molecular weight is 607 g/mol. The van der Waals surface area contributed by atoms with E-state index in [2.05, 4.69) is 16.5 Å². The van der Waals surface area contributed by atoms with Crippen molar-refractivity contribution in [3.63, 3.8) is 0 Å². The van der Waals surface area contributed by atoms with Gasteiger partial charge in [0.15, 0.2) is 5.82 Å². The zero-order valence-corrected chi connectivity index (χ0v) is 24.9. The molecule has 2 N–H and O–H groups in total. The summed E-state index contributed by atoms with van der Waals surface area (Å²) in [5, 5.41) is 0. The quantitative estimate of drug-likeness (QED) is 0.293. The number of likely N-dealkylation sites (tertiary alicyclic amines) is 1. The third-order valence-electron chi connectivity index (χ3n) is 8.78. The summed E-state index contributed by atoms with van der Waals surface area (Å²) < 4.78 is 69.9. The van der Waals surface area contributed by atoms with E-state index in [0.717, 1.165) is 25.5 Å². The Balaban J connectivity index is 1.54. The molecule has 0 bridgehead atoms. The first-order valence-corrected chi connectivity index (χ1v) is 14.5. The van der Waals surface area contributed by atoms with Gasteiger partial charge in [0.1, 0.15) is 12.4 Å². The first kappa shape index (κ1) is 31.0. The van der Waals surface area contributed by atoms with E-state index in [0.29, 0.717) is 36.8 Å². The topological polar surface area (TPSA) is 97.0 Å². The molecule has 0 radical (unpaired) electrons. The lowest BCUT2D eigenvalue weighted by Crippen LogP contribution is -2.58. The molecule has 2 saturated heterocycles. The zero-order chi connectivity index (χ0) is 31.2. The molecule has 5 rings (SSSR count). The van der Waals surface area contributed by atoms with Gasteiger partial charge in [0.05, 0.1) is 29.7 Å². The molecule has 43 heavy (non-hydrogen) atoms. The van der Waals surface area contributed by atoms with Crippen molar-refractivity contribution in [2.75, 3.05) is 43.9 Å². The highest BCUT2D eigenvalue weighted by Gasteiger charge is 2.42. The van der Waals surface area contributed by atoms with Gasteiger partial charge in [-0.25, -0.2) is 4.39 Å². The van der Waals surface area contributed by atoms with Gasteiger partial charge in [-0.3, -0.25) is 4.79 Å². The lowest BCUT2D eigenvalue weighted by atomic mass is 9.91. The molecule has 0 saturated carbocycles. The molecule has 0 spiro atoms. The molecule has 2 fully saturated rings. The van der Waals surface area contributed by atoms with Crippen LogP contribution in [0.1, 0.15) is 60.7 Å². The van der Waals surface area contributed by atoms with Crippen molar-refractivity contribution < 1.29 is 31.8 Å². The largest absolute Gasteiger partial charge is 0.462 e. The number of carbonyl (C=O) groups is 1. The highest BCUT2D eigenvalue weighted by atomic mass is 19.4. The third-order valence-corrected chi connectivity index (χ3v) is 8.78. The van der Waals surface area contributed by atoms with Crippen molar-refractivity contribution in [1.29, 1.82) is 0 Å². The number of benzene rings is 1. The van der Waals surface area contributed by atoms with Crippen LogP contribution in [-0.4, -0.2) is 77.1 Å². The molecule has 1 aromatic heterocycles.